The number of aromatic nitrogens is 1. The summed E-state index contributed by atoms with van der Waals surface area (Å²) in [5.74, 6) is 0.101. The van der Waals surface area contributed by atoms with E-state index in [1.807, 2.05) is 0 Å². The molecule has 2 rings (SSSR count). The molecule has 0 saturated carbocycles. The summed E-state index contributed by atoms with van der Waals surface area (Å²) >= 11 is 0. The number of oxime groups is 1. The lowest BCUT2D eigenvalue weighted by Gasteiger charge is -2.30. The molecule has 0 spiro atoms. The summed E-state index contributed by atoms with van der Waals surface area (Å²) in [5.41, 5.74) is 5.54. The van der Waals surface area contributed by atoms with Crippen molar-refractivity contribution in [3.63, 3.8) is 0 Å². The third-order valence-electron chi connectivity index (χ3n) is 3.26. The van der Waals surface area contributed by atoms with Gasteiger partial charge in [-0.15, -0.1) is 0 Å². The molecule has 0 atom stereocenters. The van der Waals surface area contributed by atoms with Crippen LogP contribution in [-0.4, -0.2) is 41.8 Å². The molecule has 0 bridgehead atoms. The molecule has 19 heavy (non-hydrogen) atoms. The summed E-state index contributed by atoms with van der Waals surface area (Å²) in [6.07, 6.45) is 3.97. The van der Waals surface area contributed by atoms with Crippen molar-refractivity contribution < 1.29 is 13.6 Å². The number of nitrogens with zero attached hydrogens (tertiary/aromatic N) is 3. The number of amidine groups is 1. The third-order valence-corrected chi connectivity index (χ3v) is 5.14. The van der Waals surface area contributed by atoms with Crippen LogP contribution in [-0.2, 0) is 10.0 Å². The molecular formula is C11H16N4O3S. The van der Waals surface area contributed by atoms with Crippen molar-refractivity contribution in [1.82, 2.24) is 9.29 Å². The minimum absolute atomic E-state index is 0.0645. The van der Waals surface area contributed by atoms with E-state index in [-0.39, 0.29) is 16.6 Å². The largest absolute Gasteiger partial charge is 0.409 e. The molecule has 1 aliphatic heterocycles. The predicted molar refractivity (Wildman–Crippen MR) is 69.1 cm³/mol. The molecule has 2 heterocycles. The molecule has 1 fully saturated rings. The molecule has 0 aliphatic carbocycles. The molecule has 0 aromatic carbocycles. The highest BCUT2D eigenvalue weighted by atomic mass is 32.2. The topological polar surface area (TPSA) is 109 Å². The Balaban J connectivity index is 2.10. The van der Waals surface area contributed by atoms with Gasteiger partial charge in [-0.3, -0.25) is 4.98 Å². The van der Waals surface area contributed by atoms with Crippen LogP contribution in [0.3, 0.4) is 0 Å². The molecule has 0 radical (unpaired) electrons. The van der Waals surface area contributed by atoms with E-state index < -0.39 is 10.0 Å². The van der Waals surface area contributed by atoms with Gasteiger partial charge in [-0.05, 0) is 25.0 Å². The highest BCUT2D eigenvalue weighted by Crippen LogP contribution is 2.23. The highest BCUT2D eigenvalue weighted by molar-refractivity contribution is 7.89. The lowest BCUT2D eigenvalue weighted by molar-refractivity contribution is 0.291. The fourth-order valence-electron chi connectivity index (χ4n) is 2.12. The number of nitrogens with two attached hydrogens (primary N) is 1. The first-order valence-corrected chi connectivity index (χ1v) is 7.37. The van der Waals surface area contributed by atoms with Gasteiger partial charge in [-0.2, -0.15) is 4.31 Å². The van der Waals surface area contributed by atoms with Crippen LogP contribution in [0.4, 0.5) is 0 Å². The van der Waals surface area contributed by atoms with Crippen molar-refractivity contribution in [1.29, 1.82) is 0 Å². The Labute approximate surface area is 111 Å². The van der Waals surface area contributed by atoms with E-state index in [0.717, 1.165) is 0 Å². The smallest absolute Gasteiger partial charge is 0.244 e. The van der Waals surface area contributed by atoms with Gasteiger partial charge in [0, 0.05) is 31.4 Å². The normalized spacial score (nSPS) is 19.5. The second-order valence-corrected chi connectivity index (χ2v) is 6.33. The quantitative estimate of drug-likeness (QED) is 0.357. The number of sulfonamides is 1. The second kappa shape index (κ2) is 5.54. The van der Waals surface area contributed by atoms with Gasteiger partial charge < -0.3 is 10.9 Å². The summed E-state index contributed by atoms with van der Waals surface area (Å²) in [7, 11) is -3.49. The number of hydrogen-bond acceptors (Lipinski definition) is 5. The van der Waals surface area contributed by atoms with Gasteiger partial charge in [-0.25, -0.2) is 8.42 Å². The summed E-state index contributed by atoms with van der Waals surface area (Å²) in [4.78, 5) is 4.02. The lowest BCUT2D eigenvalue weighted by atomic mass is 9.97. The Morgan fingerprint density at radius 2 is 2.16 bits per heavy atom. The van der Waals surface area contributed by atoms with Crippen molar-refractivity contribution in [3.05, 3.63) is 24.5 Å². The van der Waals surface area contributed by atoms with Gasteiger partial charge in [0.05, 0.1) is 0 Å². The third kappa shape index (κ3) is 2.85. The molecule has 7 nitrogen and oxygen atoms in total. The van der Waals surface area contributed by atoms with Crippen molar-refractivity contribution in [2.75, 3.05) is 13.1 Å². The van der Waals surface area contributed by atoms with E-state index in [1.165, 1.54) is 22.8 Å². The van der Waals surface area contributed by atoms with E-state index in [4.69, 9.17) is 10.9 Å². The molecule has 0 amide bonds. The first kappa shape index (κ1) is 13.8. The Morgan fingerprint density at radius 3 is 2.68 bits per heavy atom. The van der Waals surface area contributed by atoms with Crippen LogP contribution in [0.5, 0.6) is 0 Å². The van der Waals surface area contributed by atoms with Crippen molar-refractivity contribution >= 4 is 15.9 Å². The molecule has 1 saturated heterocycles. The molecule has 3 N–H and O–H groups in total. The molecule has 8 heteroatoms. The first-order chi connectivity index (χ1) is 9.05. The van der Waals surface area contributed by atoms with Gasteiger partial charge in [0.2, 0.25) is 10.0 Å². The monoisotopic (exact) mass is 284 g/mol. The summed E-state index contributed by atoms with van der Waals surface area (Å²) in [6, 6.07) is 3.12. The van der Waals surface area contributed by atoms with E-state index in [0.29, 0.717) is 25.9 Å². The minimum atomic E-state index is -3.49. The summed E-state index contributed by atoms with van der Waals surface area (Å²) in [6.45, 7) is 0.718. The van der Waals surface area contributed by atoms with Crippen LogP contribution in [0.2, 0.25) is 0 Å². The summed E-state index contributed by atoms with van der Waals surface area (Å²) in [5, 5.41) is 11.6. The highest BCUT2D eigenvalue weighted by Gasteiger charge is 2.30. The van der Waals surface area contributed by atoms with E-state index >= 15 is 0 Å². The van der Waals surface area contributed by atoms with Gasteiger partial charge in [0.1, 0.15) is 10.7 Å². The Kier molecular flexibility index (Phi) is 4.01. The van der Waals surface area contributed by atoms with Crippen molar-refractivity contribution in [3.8, 4) is 0 Å². The van der Waals surface area contributed by atoms with Crippen LogP contribution >= 0.6 is 0 Å². The van der Waals surface area contributed by atoms with Gasteiger partial charge >= 0.3 is 0 Å². The van der Waals surface area contributed by atoms with Crippen LogP contribution in [0.1, 0.15) is 12.8 Å². The average molecular weight is 284 g/mol. The standard InChI is InChI=1S/C11H16N4O3S/c12-11(14-16)9-3-6-15(7-4-9)19(17,18)10-2-1-5-13-8-10/h1-2,5,8-9,16H,3-4,6-7H2,(H2,12,14). The summed E-state index contributed by atoms with van der Waals surface area (Å²) < 4.78 is 26.0. The first-order valence-electron chi connectivity index (χ1n) is 5.93. The van der Waals surface area contributed by atoms with Gasteiger partial charge in [0.15, 0.2) is 0 Å². The Hall–Kier alpha value is -1.67. The zero-order chi connectivity index (χ0) is 13.9. The predicted octanol–water partition coefficient (Wildman–Crippen LogP) is 0.229. The fraction of sp³-hybridized carbons (Fsp3) is 0.455. The van der Waals surface area contributed by atoms with Crippen LogP contribution < -0.4 is 5.73 Å². The molecule has 104 valence electrons. The van der Waals surface area contributed by atoms with Crippen LogP contribution in [0, 0.1) is 5.92 Å². The number of rotatable bonds is 3. The Morgan fingerprint density at radius 1 is 1.47 bits per heavy atom. The molecule has 1 aliphatic rings. The Bertz CT molecular complexity index is 551. The van der Waals surface area contributed by atoms with Crippen LogP contribution in [0.25, 0.3) is 0 Å². The minimum Gasteiger partial charge on any atom is -0.409 e. The van der Waals surface area contributed by atoms with E-state index in [1.54, 1.807) is 6.07 Å². The lowest BCUT2D eigenvalue weighted by Crippen LogP contribution is -2.41. The SMILES string of the molecule is NC(=NO)C1CCN(S(=O)(=O)c2cccnc2)CC1. The molecule has 0 unspecified atom stereocenters. The van der Waals surface area contributed by atoms with Gasteiger partial charge in [0.25, 0.3) is 0 Å². The number of piperidine rings is 1. The van der Waals surface area contributed by atoms with Gasteiger partial charge in [-0.1, -0.05) is 5.16 Å². The number of pyridine rings is 1. The maximum Gasteiger partial charge on any atom is 0.244 e. The zero-order valence-electron chi connectivity index (χ0n) is 10.3. The maximum absolute atomic E-state index is 12.3. The van der Waals surface area contributed by atoms with Crippen molar-refractivity contribution in [2.45, 2.75) is 17.7 Å². The average Bonchev–Trinajstić information content (AvgIpc) is 2.47. The molecule has 1 aromatic rings. The maximum atomic E-state index is 12.3. The zero-order valence-corrected chi connectivity index (χ0v) is 11.1. The molecule has 1 aromatic heterocycles. The number of hydrogen-bond donors (Lipinski definition) is 2. The second-order valence-electron chi connectivity index (χ2n) is 4.39. The van der Waals surface area contributed by atoms with E-state index in [2.05, 4.69) is 10.1 Å². The van der Waals surface area contributed by atoms with Crippen molar-refractivity contribution in [2.24, 2.45) is 16.8 Å². The van der Waals surface area contributed by atoms with E-state index in [9.17, 15) is 8.42 Å². The molecular weight excluding hydrogens is 268 g/mol. The van der Waals surface area contributed by atoms with Crippen LogP contribution in [0.15, 0.2) is 34.6 Å². The fourth-order valence-corrected chi connectivity index (χ4v) is 3.56.